The highest BCUT2D eigenvalue weighted by atomic mass is 15.1. The maximum absolute atomic E-state index is 3.51. The number of hydrogen-bond donors (Lipinski definition) is 1. The average Bonchev–Trinajstić information content (AvgIpc) is 2.46. The molecule has 2 heteroatoms. The van der Waals surface area contributed by atoms with E-state index in [2.05, 4.69) is 61.3 Å². The molecule has 0 amide bonds. The first-order valence-electron chi connectivity index (χ1n) is 8.24. The molecular weight excluding hydrogens is 244 g/mol. The molecule has 0 heterocycles. The summed E-state index contributed by atoms with van der Waals surface area (Å²) in [5.41, 5.74) is 1.36. The van der Waals surface area contributed by atoms with Gasteiger partial charge in [0.1, 0.15) is 0 Å². The quantitative estimate of drug-likeness (QED) is 0.606. The van der Waals surface area contributed by atoms with Crippen LogP contribution in [0.4, 0.5) is 5.69 Å². The van der Waals surface area contributed by atoms with E-state index in [1.54, 1.807) is 0 Å². The van der Waals surface area contributed by atoms with Gasteiger partial charge in [0.2, 0.25) is 0 Å². The lowest BCUT2D eigenvalue weighted by Gasteiger charge is -2.23. The second-order valence-electron chi connectivity index (χ2n) is 5.93. The zero-order chi connectivity index (χ0) is 14.6. The molecule has 0 saturated heterocycles. The second-order valence-corrected chi connectivity index (χ2v) is 5.93. The molecule has 1 N–H and O–H groups in total. The molecule has 0 aliphatic heterocycles. The predicted octanol–water partition coefficient (Wildman–Crippen LogP) is 4.32. The first kappa shape index (κ1) is 17.0. The Labute approximate surface area is 125 Å². The van der Waals surface area contributed by atoms with Gasteiger partial charge in [0.05, 0.1) is 0 Å². The van der Waals surface area contributed by atoms with Gasteiger partial charge in [-0.25, -0.2) is 0 Å². The first-order valence-corrected chi connectivity index (χ1v) is 8.24. The Kier molecular flexibility index (Phi) is 9.14. The van der Waals surface area contributed by atoms with E-state index in [9.17, 15) is 0 Å². The van der Waals surface area contributed by atoms with Gasteiger partial charge in [-0.05, 0) is 50.9 Å². The Morgan fingerprint density at radius 3 is 2.35 bits per heavy atom. The number of nitrogens with zero attached hydrogens (tertiary/aromatic N) is 1. The molecule has 0 aliphatic carbocycles. The number of benzene rings is 1. The smallest absolute Gasteiger partial charge is 0.0366 e. The Morgan fingerprint density at radius 2 is 1.70 bits per heavy atom. The molecule has 0 aliphatic rings. The third-order valence-electron chi connectivity index (χ3n) is 3.59. The highest BCUT2D eigenvalue weighted by molar-refractivity contribution is 5.45. The monoisotopic (exact) mass is 276 g/mol. The van der Waals surface area contributed by atoms with Crippen molar-refractivity contribution >= 4 is 5.69 Å². The minimum absolute atomic E-state index is 0.763. The van der Waals surface area contributed by atoms with Crippen LogP contribution in [0.3, 0.4) is 0 Å². The molecule has 0 atom stereocenters. The average molecular weight is 276 g/mol. The molecule has 1 aromatic carbocycles. The molecule has 114 valence electrons. The van der Waals surface area contributed by atoms with E-state index in [0.29, 0.717) is 0 Å². The Morgan fingerprint density at radius 1 is 1.00 bits per heavy atom. The van der Waals surface area contributed by atoms with Crippen molar-refractivity contribution in [3.8, 4) is 0 Å². The number of para-hydroxylation sites is 1. The van der Waals surface area contributed by atoms with E-state index in [-0.39, 0.29) is 0 Å². The zero-order valence-corrected chi connectivity index (χ0v) is 13.6. The maximum atomic E-state index is 3.51. The Hall–Kier alpha value is -1.02. The maximum Gasteiger partial charge on any atom is 0.0366 e. The van der Waals surface area contributed by atoms with Gasteiger partial charge in [0.25, 0.3) is 0 Å². The van der Waals surface area contributed by atoms with Crippen LogP contribution in [-0.4, -0.2) is 26.2 Å². The molecule has 0 bridgehead atoms. The van der Waals surface area contributed by atoms with Crippen LogP contribution >= 0.6 is 0 Å². The van der Waals surface area contributed by atoms with Gasteiger partial charge in [-0.1, -0.05) is 44.9 Å². The van der Waals surface area contributed by atoms with Crippen LogP contribution in [0.5, 0.6) is 0 Å². The highest BCUT2D eigenvalue weighted by Gasteiger charge is 2.02. The highest BCUT2D eigenvalue weighted by Crippen LogP contribution is 2.14. The standard InChI is InChI=1S/C18H32N2/c1-4-20(18-12-8-7-9-13-18)15-11-6-5-10-14-19-16-17(2)3/h7-9,12-13,17,19H,4-6,10-11,14-16H2,1-3H3. The summed E-state index contributed by atoms with van der Waals surface area (Å²) in [5.74, 6) is 0.763. The van der Waals surface area contributed by atoms with Crippen LogP contribution < -0.4 is 10.2 Å². The number of hydrogen-bond acceptors (Lipinski definition) is 2. The van der Waals surface area contributed by atoms with Crippen LogP contribution in [0.25, 0.3) is 0 Å². The van der Waals surface area contributed by atoms with Gasteiger partial charge in [-0.2, -0.15) is 0 Å². The molecule has 0 fully saturated rings. The summed E-state index contributed by atoms with van der Waals surface area (Å²) in [6, 6.07) is 10.7. The summed E-state index contributed by atoms with van der Waals surface area (Å²) >= 11 is 0. The van der Waals surface area contributed by atoms with Gasteiger partial charge in [0, 0.05) is 18.8 Å². The molecule has 20 heavy (non-hydrogen) atoms. The summed E-state index contributed by atoms with van der Waals surface area (Å²) in [4.78, 5) is 2.47. The van der Waals surface area contributed by atoms with Gasteiger partial charge in [-0.3, -0.25) is 0 Å². The van der Waals surface area contributed by atoms with Crippen molar-refractivity contribution in [1.82, 2.24) is 5.32 Å². The van der Waals surface area contributed by atoms with E-state index >= 15 is 0 Å². The lowest BCUT2D eigenvalue weighted by molar-refractivity contribution is 0.525. The fraction of sp³-hybridized carbons (Fsp3) is 0.667. The molecule has 0 radical (unpaired) electrons. The fourth-order valence-corrected chi connectivity index (χ4v) is 2.41. The van der Waals surface area contributed by atoms with Crippen molar-refractivity contribution in [2.75, 3.05) is 31.1 Å². The summed E-state index contributed by atoms with van der Waals surface area (Å²) in [5, 5.41) is 3.51. The molecule has 2 nitrogen and oxygen atoms in total. The zero-order valence-electron chi connectivity index (χ0n) is 13.6. The Bertz CT molecular complexity index is 321. The molecular formula is C18H32N2. The number of unbranched alkanes of at least 4 members (excludes halogenated alkanes) is 3. The molecule has 0 unspecified atom stereocenters. The summed E-state index contributed by atoms with van der Waals surface area (Å²) in [7, 11) is 0. The molecule has 0 spiro atoms. The van der Waals surface area contributed by atoms with Crippen molar-refractivity contribution in [2.45, 2.75) is 46.5 Å². The summed E-state index contributed by atoms with van der Waals surface area (Å²) in [6.07, 6.45) is 5.29. The molecule has 0 saturated carbocycles. The minimum Gasteiger partial charge on any atom is -0.372 e. The normalized spacial score (nSPS) is 11.0. The van der Waals surface area contributed by atoms with Crippen LogP contribution in [0, 0.1) is 5.92 Å². The van der Waals surface area contributed by atoms with Crippen molar-refractivity contribution in [3.05, 3.63) is 30.3 Å². The molecule has 0 aromatic heterocycles. The van der Waals surface area contributed by atoms with Gasteiger partial charge in [0.15, 0.2) is 0 Å². The third-order valence-corrected chi connectivity index (χ3v) is 3.59. The summed E-state index contributed by atoms with van der Waals surface area (Å²) in [6.45, 7) is 11.4. The predicted molar refractivity (Wildman–Crippen MR) is 90.5 cm³/mol. The van der Waals surface area contributed by atoms with Crippen LogP contribution in [0.15, 0.2) is 30.3 Å². The SMILES string of the molecule is CCN(CCCCCCNCC(C)C)c1ccccc1. The van der Waals surface area contributed by atoms with E-state index in [1.165, 1.54) is 44.5 Å². The van der Waals surface area contributed by atoms with Crippen LogP contribution in [-0.2, 0) is 0 Å². The van der Waals surface area contributed by atoms with Gasteiger partial charge < -0.3 is 10.2 Å². The topological polar surface area (TPSA) is 15.3 Å². The first-order chi connectivity index (χ1) is 9.74. The van der Waals surface area contributed by atoms with Crippen LogP contribution in [0.1, 0.15) is 46.5 Å². The molecule has 1 aromatic rings. The van der Waals surface area contributed by atoms with E-state index < -0.39 is 0 Å². The number of nitrogens with one attached hydrogen (secondary N) is 1. The van der Waals surface area contributed by atoms with Crippen molar-refractivity contribution < 1.29 is 0 Å². The van der Waals surface area contributed by atoms with Gasteiger partial charge >= 0.3 is 0 Å². The molecule has 1 rings (SSSR count). The summed E-state index contributed by atoms with van der Waals surface area (Å²) < 4.78 is 0. The second kappa shape index (κ2) is 10.7. The van der Waals surface area contributed by atoms with Crippen molar-refractivity contribution in [2.24, 2.45) is 5.92 Å². The fourth-order valence-electron chi connectivity index (χ4n) is 2.41. The van der Waals surface area contributed by atoms with E-state index in [1.807, 2.05) is 0 Å². The van der Waals surface area contributed by atoms with Crippen molar-refractivity contribution in [1.29, 1.82) is 0 Å². The van der Waals surface area contributed by atoms with E-state index in [4.69, 9.17) is 0 Å². The Balaban J connectivity index is 2.05. The largest absolute Gasteiger partial charge is 0.372 e. The van der Waals surface area contributed by atoms with Crippen LogP contribution in [0.2, 0.25) is 0 Å². The lowest BCUT2D eigenvalue weighted by Crippen LogP contribution is -2.23. The van der Waals surface area contributed by atoms with Crippen molar-refractivity contribution in [3.63, 3.8) is 0 Å². The third kappa shape index (κ3) is 7.54. The van der Waals surface area contributed by atoms with Gasteiger partial charge in [-0.15, -0.1) is 0 Å². The minimum atomic E-state index is 0.763. The number of rotatable bonds is 11. The number of anilines is 1. The van der Waals surface area contributed by atoms with E-state index in [0.717, 1.165) is 19.0 Å². The lowest BCUT2D eigenvalue weighted by atomic mass is 10.1.